The summed E-state index contributed by atoms with van der Waals surface area (Å²) in [6.07, 6.45) is 2.56. The number of rotatable bonds is 3. The number of benzene rings is 1. The van der Waals surface area contributed by atoms with Crippen molar-refractivity contribution in [2.24, 2.45) is 0 Å². The van der Waals surface area contributed by atoms with E-state index in [2.05, 4.69) is 10.6 Å². The lowest BCUT2D eigenvalue weighted by Crippen LogP contribution is -2.46. The highest BCUT2D eigenvalue weighted by atomic mass is 16.7. The van der Waals surface area contributed by atoms with Gasteiger partial charge in [0.25, 0.3) is 0 Å². The SMILES string of the molecule is O=C(Cc1ccc2c(c1)OCO2)N[C@H]1CCCNC1. The first-order valence-corrected chi connectivity index (χ1v) is 6.70. The average Bonchev–Trinajstić information content (AvgIpc) is 2.87. The smallest absolute Gasteiger partial charge is 0.231 e. The highest BCUT2D eigenvalue weighted by Gasteiger charge is 2.17. The van der Waals surface area contributed by atoms with Crippen molar-refractivity contribution >= 4 is 5.91 Å². The van der Waals surface area contributed by atoms with Crippen molar-refractivity contribution < 1.29 is 14.3 Å². The molecule has 1 aromatic carbocycles. The Hall–Kier alpha value is -1.75. The number of hydrogen-bond acceptors (Lipinski definition) is 4. The lowest BCUT2D eigenvalue weighted by Gasteiger charge is -2.23. The minimum Gasteiger partial charge on any atom is -0.454 e. The molecule has 0 aromatic heterocycles. The Morgan fingerprint density at radius 3 is 3.11 bits per heavy atom. The molecule has 1 atom stereocenters. The monoisotopic (exact) mass is 262 g/mol. The molecule has 102 valence electrons. The first-order chi connectivity index (χ1) is 9.31. The van der Waals surface area contributed by atoms with Crippen LogP contribution in [0.4, 0.5) is 0 Å². The lowest BCUT2D eigenvalue weighted by atomic mass is 10.1. The summed E-state index contributed by atoms with van der Waals surface area (Å²) >= 11 is 0. The summed E-state index contributed by atoms with van der Waals surface area (Å²) in [5.74, 6) is 1.54. The highest BCUT2D eigenvalue weighted by molar-refractivity contribution is 5.79. The van der Waals surface area contributed by atoms with Crippen LogP contribution in [0.15, 0.2) is 18.2 Å². The number of nitrogens with one attached hydrogen (secondary N) is 2. The van der Waals surface area contributed by atoms with Gasteiger partial charge in [0, 0.05) is 12.6 Å². The second-order valence-electron chi connectivity index (χ2n) is 4.98. The molecule has 1 saturated heterocycles. The maximum atomic E-state index is 12.0. The quantitative estimate of drug-likeness (QED) is 0.847. The number of piperidine rings is 1. The van der Waals surface area contributed by atoms with Crippen LogP contribution in [0, 0.1) is 0 Å². The van der Waals surface area contributed by atoms with Gasteiger partial charge in [-0.3, -0.25) is 4.79 Å². The average molecular weight is 262 g/mol. The minimum absolute atomic E-state index is 0.0626. The second kappa shape index (κ2) is 5.48. The van der Waals surface area contributed by atoms with Gasteiger partial charge in [-0.25, -0.2) is 0 Å². The van der Waals surface area contributed by atoms with Crippen LogP contribution in [0.5, 0.6) is 11.5 Å². The Morgan fingerprint density at radius 1 is 1.37 bits per heavy atom. The molecular weight excluding hydrogens is 244 g/mol. The van der Waals surface area contributed by atoms with Gasteiger partial charge in [0.05, 0.1) is 6.42 Å². The molecule has 2 aliphatic heterocycles. The largest absolute Gasteiger partial charge is 0.454 e. The van der Waals surface area contributed by atoms with E-state index in [1.165, 1.54) is 0 Å². The number of hydrogen-bond donors (Lipinski definition) is 2. The highest BCUT2D eigenvalue weighted by Crippen LogP contribution is 2.32. The van der Waals surface area contributed by atoms with Crippen molar-refractivity contribution in [1.29, 1.82) is 0 Å². The lowest BCUT2D eigenvalue weighted by molar-refractivity contribution is -0.121. The van der Waals surface area contributed by atoms with Crippen LogP contribution in [0.2, 0.25) is 0 Å². The number of ether oxygens (including phenoxy) is 2. The molecule has 2 aliphatic rings. The van der Waals surface area contributed by atoms with E-state index in [0.29, 0.717) is 6.42 Å². The summed E-state index contributed by atoms with van der Waals surface area (Å²) < 4.78 is 10.6. The third-order valence-corrected chi connectivity index (χ3v) is 3.46. The van der Waals surface area contributed by atoms with E-state index in [4.69, 9.17) is 9.47 Å². The zero-order chi connectivity index (χ0) is 13.1. The van der Waals surface area contributed by atoms with Crippen LogP contribution in [0.25, 0.3) is 0 Å². The molecule has 0 saturated carbocycles. The second-order valence-corrected chi connectivity index (χ2v) is 4.98. The van der Waals surface area contributed by atoms with Crippen molar-refractivity contribution in [3.63, 3.8) is 0 Å². The van der Waals surface area contributed by atoms with Gasteiger partial charge in [-0.2, -0.15) is 0 Å². The van der Waals surface area contributed by atoms with Gasteiger partial charge in [0.1, 0.15) is 0 Å². The zero-order valence-corrected chi connectivity index (χ0v) is 10.8. The van der Waals surface area contributed by atoms with Crippen molar-refractivity contribution in [3.8, 4) is 11.5 Å². The predicted octanol–water partition coefficient (Wildman–Crippen LogP) is 0.826. The van der Waals surface area contributed by atoms with Crippen molar-refractivity contribution in [3.05, 3.63) is 23.8 Å². The van der Waals surface area contributed by atoms with Crippen LogP contribution < -0.4 is 20.1 Å². The molecule has 1 fully saturated rings. The first-order valence-electron chi connectivity index (χ1n) is 6.70. The molecule has 0 aliphatic carbocycles. The van der Waals surface area contributed by atoms with Crippen LogP contribution in [0.3, 0.4) is 0 Å². The molecule has 0 spiro atoms. The van der Waals surface area contributed by atoms with Crippen molar-refractivity contribution in [2.75, 3.05) is 19.9 Å². The van der Waals surface area contributed by atoms with Gasteiger partial charge in [0.15, 0.2) is 11.5 Å². The number of fused-ring (bicyclic) bond motifs is 1. The maximum absolute atomic E-state index is 12.0. The van der Waals surface area contributed by atoms with Crippen LogP contribution in [0.1, 0.15) is 18.4 Å². The Labute approximate surface area is 112 Å². The molecule has 0 radical (unpaired) electrons. The summed E-state index contributed by atoms with van der Waals surface area (Å²) in [6.45, 7) is 2.18. The number of carbonyl (C=O) groups excluding carboxylic acids is 1. The minimum atomic E-state index is 0.0626. The van der Waals surface area contributed by atoms with Crippen LogP contribution >= 0.6 is 0 Å². The number of amides is 1. The molecule has 3 rings (SSSR count). The Balaban J connectivity index is 1.56. The first kappa shape index (κ1) is 12.3. The van der Waals surface area contributed by atoms with Gasteiger partial charge in [-0.1, -0.05) is 6.07 Å². The summed E-state index contributed by atoms with van der Waals surface area (Å²) in [6, 6.07) is 5.90. The third-order valence-electron chi connectivity index (χ3n) is 3.46. The summed E-state index contributed by atoms with van der Waals surface area (Å²) in [4.78, 5) is 12.0. The molecule has 5 nitrogen and oxygen atoms in total. The molecule has 19 heavy (non-hydrogen) atoms. The van der Waals surface area contributed by atoms with E-state index >= 15 is 0 Å². The summed E-state index contributed by atoms with van der Waals surface area (Å²) in [5.41, 5.74) is 0.950. The Kier molecular flexibility index (Phi) is 3.55. The molecular formula is C14H18N2O3. The van der Waals surface area contributed by atoms with E-state index in [9.17, 15) is 4.79 Å². The normalized spacial score (nSPS) is 21.2. The van der Waals surface area contributed by atoms with Crippen molar-refractivity contribution in [1.82, 2.24) is 10.6 Å². The molecule has 0 unspecified atom stereocenters. The molecule has 2 heterocycles. The van der Waals surface area contributed by atoms with Gasteiger partial charge in [0.2, 0.25) is 12.7 Å². The van der Waals surface area contributed by atoms with Crippen LogP contribution in [-0.4, -0.2) is 31.8 Å². The molecule has 0 bridgehead atoms. The van der Waals surface area contributed by atoms with Gasteiger partial charge >= 0.3 is 0 Å². The predicted molar refractivity (Wildman–Crippen MR) is 70.3 cm³/mol. The number of carbonyl (C=O) groups is 1. The molecule has 5 heteroatoms. The van der Waals surface area contributed by atoms with Gasteiger partial charge < -0.3 is 20.1 Å². The Bertz CT molecular complexity index is 470. The fraction of sp³-hybridized carbons (Fsp3) is 0.500. The van der Waals surface area contributed by atoms with Crippen LogP contribution in [-0.2, 0) is 11.2 Å². The standard InChI is InChI=1S/C14H18N2O3/c17-14(16-11-2-1-5-15-8-11)7-10-3-4-12-13(6-10)19-9-18-12/h3-4,6,11,15H,1-2,5,7-9H2,(H,16,17)/t11-/m0/s1. The topological polar surface area (TPSA) is 59.6 Å². The summed E-state index contributed by atoms with van der Waals surface area (Å²) in [7, 11) is 0. The molecule has 2 N–H and O–H groups in total. The van der Waals surface area contributed by atoms with E-state index in [1.54, 1.807) is 0 Å². The molecule has 1 aromatic rings. The van der Waals surface area contributed by atoms with E-state index in [0.717, 1.165) is 43.0 Å². The Morgan fingerprint density at radius 2 is 2.26 bits per heavy atom. The van der Waals surface area contributed by atoms with Crippen molar-refractivity contribution in [2.45, 2.75) is 25.3 Å². The van der Waals surface area contributed by atoms with E-state index in [-0.39, 0.29) is 18.7 Å². The fourth-order valence-electron chi connectivity index (χ4n) is 2.49. The van der Waals surface area contributed by atoms with E-state index in [1.807, 2.05) is 18.2 Å². The summed E-state index contributed by atoms with van der Waals surface area (Å²) in [5, 5.41) is 6.35. The van der Waals surface area contributed by atoms with Gasteiger partial charge in [-0.05, 0) is 37.1 Å². The van der Waals surface area contributed by atoms with Gasteiger partial charge in [-0.15, -0.1) is 0 Å². The maximum Gasteiger partial charge on any atom is 0.231 e. The zero-order valence-electron chi connectivity index (χ0n) is 10.8. The molecule has 1 amide bonds. The fourth-order valence-corrected chi connectivity index (χ4v) is 2.49. The third kappa shape index (κ3) is 2.98. The van der Waals surface area contributed by atoms with E-state index < -0.39 is 0 Å².